The molecule has 0 fully saturated rings. The molecule has 0 amide bonds. The first-order chi connectivity index (χ1) is 9.09. The summed E-state index contributed by atoms with van der Waals surface area (Å²) in [5.41, 5.74) is -0.228. The fraction of sp³-hybridized carbons (Fsp3) is 0.500. The number of nitrogens with one attached hydrogen (secondary N) is 1. The maximum atomic E-state index is 12.2. The number of anilines is 1. The van der Waals surface area contributed by atoms with Gasteiger partial charge in [-0.05, 0) is 24.5 Å². The van der Waals surface area contributed by atoms with E-state index < -0.39 is 22.1 Å². The molecule has 1 aromatic carbocycles. The molecular weight excluding hydrogens is 295 g/mol. The van der Waals surface area contributed by atoms with Crippen molar-refractivity contribution in [2.45, 2.75) is 26.6 Å². The summed E-state index contributed by atoms with van der Waals surface area (Å²) in [5.74, 6) is -0.563. The van der Waals surface area contributed by atoms with Crippen LogP contribution in [-0.2, 0) is 10.0 Å². The molecule has 0 saturated heterocycles. The molecule has 0 aliphatic rings. The van der Waals surface area contributed by atoms with Crippen LogP contribution in [0.1, 0.15) is 20.3 Å². The Morgan fingerprint density at radius 1 is 1.25 bits per heavy atom. The van der Waals surface area contributed by atoms with Crippen molar-refractivity contribution in [3.8, 4) is 5.75 Å². The summed E-state index contributed by atoms with van der Waals surface area (Å²) in [6, 6.07) is 5.01. The predicted octanol–water partition coefficient (Wildman–Crippen LogP) is 3.37. The number of alkyl halides is 3. The van der Waals surface area contributed by atoms with Crippen LogP contribution in [0.25, 0.3) is 0 Å². The lowest BCUT2D eigenvalue weighted by Gasteiger charge is -2.15. The smallest absolute Gasteiger partial charge is 0.404 e. The van der Waals surface area contributed by atoms with Crippen LogP contribution >= 0.6 is 0 Å². The van der Waals surface area contributed by atoms with Gasteiger partial charge < -0.3 is 4.74 Å². The van der Waals surface area contributed by atoms with Gasteiger partial charge in [0.15, 0.2) is 5.75 Å². The van der Waals surface area contributed by atoms with E-state index in [2.05, 4.69) is 9.46 Å². The highest BCUT2D eigenvalue weighted by atomic mass is 32.2. The van der Waals surface area contributed by atoms with Crippen molar-refractivity contribution in [1.29, 1.82) is 0 Å². The van der Waals surface area contributed by atoms with E-state index in [0.717, 1.165) is 6.07 Å². The molecule has 0 bridgehead atoms. The Morgan fingerprint density at radius 3 is 2.40 bits per heavy atom. The highest BCUT2D eigenvalue weighted by Gasteiger charge is 2.32. The molecule has 1 aromatic rings. The van der Waals surface area contributed by atoms with Crippen molar-refractivity contribution in [2.75, 3.05) is 10.5 Å². The van der Waals surface area contributed by atoms with Gasteiger partial charge in [0, 0.05) is 0 Å². The fourth-order valence-corrected chi connectivity index (χ4v) is 2.76. The second kappa shape index (κ2) is 6.34. The minimum absolute atomic E-state index is 0.162. The number of para-hydroxylation sites is 2. The molecule has 0 saturated carbocycles. The predicted molar refractivity (Wildman–Crippen MR) is 70.0 cm³/mol. The van der Waals surface area contributed by atoms with Crippen LogP contribution < -0.4 is 9.46 Å². The summed E-state index contributed by atoms with van der Waals surface area (Å²) in [4.78, 5) is 0. The van der Waals surface area contributed by atoms with E-state index in [9.17, 15) is 21.6 Å². The van der Waals surface area contributed by atoms with E-state index in [0.29, 0.717) is 6.42 Å². The summed E-state index contributed by atoms with van der Waals surface area (Å²) < 4.78 is 66.1. The zero-order chi connectivity index (χ0) is 15.4. The van der Waals surface area contributed by atoms with Crippen LogP contribution in [0.3, 0.4) is 0 Å². The lowest BCUT2D eigenvalue weighted by atomic mass is 10.2. The van der Waals surface area contributed by atoms with E-state index in [1.807, 2.05) is 13.8 Å². The summed E-state index contributed by atoms with van der Waals surface area (Å²) in [7, 11) is -3.71. The minimum atomic E-state index is -4.88. The lowest BCUT2D eigenvalue weighted by molar-refractivity contribution is -0.274. The maximum absolute atomic E-state index is 12.2. The Labute approximate surface area is 116 Å². The molecule has 0 aliphatic heterocycles. The Balaban J connectivity index is 2.87. The van der Waals surface area contributed by atoms with E-state index in [1.54, 1.807) is 0 Å². The Morgan fingerprint density at radius 2 is 1.85 bits per heavy atom. The molecule has 0 aliphatic carbocycles. The highest BCUT2D eigenvalue weighted by molar-refractivity contribution is 7.92. The number of halogens is 3. The fourth-order valence-electron chi connectivity index (χ4n) is 1.37. The van der Waals surface area contributed by atoms with Crippen LogP contribution in [0.5, 0.6) is 5.75 Å². The SMILES string of the molecule is CC(C)CCS(=O)(=O)Nc1ccccc1OC(F)(F)F. The molecule has 20 heavy (non-hydrogen) atoms. The maximum Gasteiger partial charge on any atom is 0.573 e. The molecule has 0 unspecified atom stereocenters. The average molecular weight is 311 g/mol. The molecule has 0 radical (unpaired) electrons. The average Bonchev–Trinajstić information content (AvgIpc) is 2.27. The molecule has 1 rings (SSSR count). The molecule has 114 valence electrons. The monoisotopic (exact) mass is 311 g/mol. The van der Waals surface area contributed by atoms with Gasteiger partial charge in [-0.15, -0.1) is 13.2 Å². The van der Waals surface area contributed by atoms with E-state index in [-0.39, 0.29) is 17.4 Å². The molecule has 8 heteroatoms. The van der Waals surface area contributed by atoms with Gasteiger partial charge in [0.2, 0.25) is 10.0 Å². The van der Waals surface area contributed by atoms with Gasteiger partial charge in [0.05, 0.1) is 11.4 Å². The minimum Gasteiger partial charge on any atom is -0.404 e. The van der Waals surface area contributed by atoms with Crippen LogP contribution in [-0.4, -0.2) is 20.5 Å². The molecule has 0 aromatic heterocycles. The Kier molecular flexibility index (Phi) is 5.27. The lowest BCUT2D eigenvalue weighted by Crippen LogP contribution is -2.21. The van der Waals surface area contributed by atoms with Crippen LogP contribution in [0.4, 0.5) is 18.9 Å². The van der Waals surface area contributed by atoms with Crippen molar-refractivity contribution in [2.24, 2.45) is 5.92 Å². The largest absolute Gasteiger partial charge is 0.573 e. The quantitative estimate of drug-likeness (QED) is 0.876. The standard InChI is InChI=1S/C12H16F3NO3S/c1-9(2)7-8-20(17,18)16-10-5-3-4-6-11(10)19-12(13,14)15/h3-6,9,16H,7-8H2,1-2H3. The molecule has 0 spiro atoms. The van der Waals surface area contributed by atoms with E-state index >= 15 is 0 Å². The number of sulfonamides is 1. The van der Waals surface area contributed by atoms with Crippen LogP contribution in [0.2, 0.25) is 0 Å². The van der Waals surface area contributed by atoms with Crippen molar-refractivity contribution >= 4 is 15.7 Å². The third-order valence-corrected chi connectivity index (χ3v) is 3.65. The topological polar surface area (TPSA) is 55.4 Å². The summed E-state index contributed by atoms with van der Waals surface area (Å²) in [6.07, 6.45) is -4.46. The second-order valence-corrected chi connectivity index (χ2v) is 6.49. The van der Waals surface area contributed by atoms with Crippen LogP contribution in [0, 0.1) is 5.92 Å². The first-order valence-electron chi connectivity index (χ1n) is 5.94. The molecule has 1 N–H and O–H groups in total. The number of ether oxygens (including phenoxy) is 1. The van der Waals surface area contributed by atoms with E-state index in [4.69, 9.17) is 0 Å². The van der Waals surface area contributed by atoms with Gasteiger partial charge in [0.1, 0.15) is 0 Å². The number of rotatable bonds is 6. The third kappa shape index (κ3) is 6.14. The molecule has 0 heterocycles. The van der Waals surface area contributed by atoms with Crippen molar-refractivity contribution in [3.63, 3.8) is 0 Å². The molecule has 0 atom stereocenters. The first kappa shape index (κ1) is 16.6. The number of hydrogen-bond acceptors (Lipinski definition) is 3. The van der Waals surface area contributed by atoms with Gasteiger partial charge >= 0.3 is 6.36 Å². The number of benzene rings is 1. The Bertz CT molecular complexity index is 541. The summed E-state index contributed by atoms with van der Waals surface area (Å²) in [5, 5.41) is 0. The normalized spacial score (nSPS) is 12.5. The molecular formula is C12H16F3NO3S. The Hall–Kier alpha value is -1.44. The zero-order valence-electron chi connectivity index (χ0n) is 11.1. The second-order valence-electron chi connectivity index (χ2n) is 4.65. The zero-order valence-corrected chi connectivity index (χ0v) is 11.9. The third-order valence-electron chi connectivity index (χ3n) is 2.34. The first-order valence-corrected chi connectivity index (χ1v) is 7.59. The van der Waals surface area contributed by atoms with E-state index in [1.165, 1.54) is 18.2 Å². The highest BCUT2D eigenvalue weighted by Crippen LogP contribution is 2.30. The van der Waals surface area contributed by atoms with Crippen molar-refractivity contribution < 1.29 is 26.3 Å². The van der Waals surface area contributed by atoms with Crippen molar-refractivity contribution in [1.82, 2.24) is 0 Å². The van der Waals surface area contributed by atoms with Gasteiger partial charge in [-0.25, -0.2) is 8.42 Å². The number of hydrogen-bond donors (Lipinski definition) is 1. The summed E-state index contributed by atoms with van der Waals surface area (Å²) >= 11 is 0. The van der Waals surface area contributed by atoms with Gasteiger partial charge in [0.25, 0.3) is 0 Å². The van der Waals surface area contributed by atoms with Crippen molar-refractivity contribution in [3.05, 3.63) is 24.3 Å². The van der Waals surface area contributed by atoms with Crippen LogP contribution in [0.15, 0.2) is 24.3 Å². The summed E-state index contributed by atoms with van der Waals surface area (Å²) in [6.45, 7) is 3.71. The van der Waals surface area contributed by atoms with Gasteiger partial charge in [-0.3, -0.25) is 4.72 Å². The molecule has 4 nitrogen and oxygen atoms in total. The van der Waals surface area contributed by atoms with Gasteiger partial charge in [-0.2, -0.15) is 0 Å². The van der Waals surface area contributed by atoms with Gasteiger partial charge in [-0.1, -0.05) is 26.0 Å².